The minimum absolute atomic E-state index is 0.0000350. The Kier molecular flexibility index (Phi) is 24.4. The summed E-state index contributed by atoms with van der Waals surface area (Å²) >= 11 is 2.64. The second-order valence-electron chi connectivity index (χ2n) is 21.0. The molecule has 3 aromatic heterocycles. The molecule has 2 amide bonds. The van der Waals surface area contributed by atoms with Crippen molar-refractivity contribution < 1.29 is 55.9 Å². The van der Waals surface area contributed by atoms with Gasteiger partial charge >= 0.3 is 12.1 Å². The first-order chi connectivity index (χ1) is 39.5. The van der Waals surface area contributed by atoms with Gasteiger partial charge in [-0.3, -0.25) is 9.35 Å². The molecule has 0 saturated heterocycles. The average Bonchev–Trinajstić information content (AvgIpc) is 4.27. The number of carbonyl (C=O) groups excluding carboxylic acids is 2. The number of rotatable bonds is 32. The number of hydrogen-bond donors (Lipinski definition) is 7. The lowest BCUT2D eigenvalue weighted by Gasteiger charge is -2.32. The number of nitrogens with zero attached hydrogens (tertiary/aromatic N) is 8. The summed E-state index contributed by atoms with van der Waals surface area (Å²) in [6.07, 6.45) is 1.70. The van der Waals surface area contributed by atoms with E-state index in [2.05, 4.69) is 53.3 Å². The summed E-state index contributed by atoms with van der Waals surface area (Å²) in [4.78, 5) is 53.4. The molecule has 0 fully saturated rings. The van der Waals surface area contributed by atoms with Crippen LogP contribution in [0.15, 0.2) is 66.7 Å². The van der Waals surface area contributed by atoms with Gasteiger partial charge in [-0.1, -0.05) is 41.4 Å². The molecule has 6 aromatic rings. The molecule has 6 rings (SSSR count). The Labute approximate surface area is 492 Å². The molecule has 0 bridgehead atoms. The van der Waals surface area contributed by atoms with Crippen molar-refractivity contribution in [1.29, 1.82) is 0 Å². The Hall–Kier alpha value is -6.93. The van der Waals surface area contributed by atoms with Crippen LogP contribution in [0.25, 0.3) is 10.2 Å². The summed E-state index contributed by atoms with van der Waals surface area (Å²) < 4.78 is 59.9. The number of hydrogen-bond acceptors (Lipinski definition) is 19. The summed E-state index contributed by atoms with van der Waals surface area (Å²) in [5.74, 6) is 4.24. The fourth-order valence-electron chi connectivity index (χ4n) is 8.90. The molecular weight excluding hydrogens is 1130 g/mol. The van der Waals surface area contributed by atoms with Crippen LogP contribution >= 0.6 is 22.7 Å². The molecule has 26 heteroatoms. The van der Waals surface area contributed by atoms with Gasteiger partial charge in [0.1, 0.15) is 19.3 Å². The molecule has 3 heterocycles. The number of fused-ring (bicyclic) bond motifs is 1. The predicted octanol–water partition coefficient (Wildman–Crippen LogP) is 7.29. The lowest BCUT2D eigenvalue weighted by atomic mass is 10.1. The van der Waals surface area contributed by atoms with Crippen LogP contribution in [0.1, 0.15) is 76.1 Å². The number of halogens is 1. The molecule has 0 radical (unpaired) electrons. The normalized spacial score (nSPS) is 12.4. The lowest BCUT2D eigenvalue weighted by molar-refractivity contribution is -0.893. The molecule has 22 nitrogen and oxygen atoms in total. The maximum Gasteiger partial charge on any atom is 0.410 e. The molecule has 0 saturated carbocycles. The van der Waals surface area contributed by atoms with Crippen LogP contribution in [0.5, 0.6) is 5.75 Å². The van der Waals surface area contributed by atoms with Gasteiger partial charge in [-0.05, 0) is 145 Å². The highest BCUT2D eigenvalue weighted by molar-refractivity contribution is 7.85. The Morgan fingerprint density at radius 3 is 2.41 bits per heavy atom. The number of anilines is 5. The number of thiazole rings is 2. The van der Waals surface area contributed by atoms with E-state index in [1.807, 2.05) is 89.5 Å². The minimum atomic E-state index is -4.11. The number of aryl methyl sites for hydroxylation is 2. The molecule has 3 aromatic carbocycles. The van der Waals surface area contributed by atoms with E-state index in [9.17, 15) is 37.6 Å². The zero-order valence-electron chi connectivity index (χ0n) is 48.2. The van der Waals surface area contributed by atoms with Crippen LogP contribution < -0.4 is 30.9 Å². The molecule has 0 aliphatic carbocycles. The molecule has 2 atom stereocenters. The van der Waals surface area contributed by atoms with Crippen molar-refractivity contribution >= 4 is 88.6 Å². The van der Waals surface area contributed by atoms with Gasteiger partial charge in [0, 0.05) is 42.7 Å². The van der Waals surface area contributed by atoms with E-state index in [1.165, 1.54) is 39.7 Å². The highest BCUT2D eigenvalue weighted by Gasteiger charge is 2.26. The minimum Gasteiger partial charge on any atom is -0.491 e. The third kappa shape index (κ3) is 20.7. The van der Waals surface area contributed by atoms with E-state index in [0.717, 1.165) is 39.9 Å². The highest BCUT2D eigenvalue weighted by Crippen LogP contribution is 2.35. The molecule has 83 heavy (non-hydrogen) atoms. The molecule has 0 aliphatic heterocycles. The van der Waals surface area contributed by atoms with Crippen LogP contribution in [0.2, 0.25) is 0 Å². The van der Waals surface area contributed by atoms with E-state index in [0.29, 0.717) is 87.8 Å². The predicted molar refractivity (Wildman–Crippen MR) is 322 cm³/mol. The number of likely N-dealkylation sites (N-methyl/N-ethyl adjacent to an activating group) is 2. The molecule has 0 aliphatic rings. The van der Waals surface area contributed by atoms with Crippen LogP contribution in [0.4, 0.5) is 36.8 Å². The molecule has 2 unspecified atom stereocenters. The van der Waals surface area contributed by atoms with Crippen molar-refractivity contribution in [2.45, 2.75) is 77.2 Å². The number of ether oxygens (including phenoxy) is 2. The fraction of sp³-hybridized carbons (Fsp3) is 0.456. The number of carboxylic acid groups (broad SMARTS) is 1. The number of carbonyl (C=O) groups is 3. The Bertz CT molecular complexity index is 3300. The van der Waals surface area contributed by atoms with Gasteiger partial charge < -0.3 is 60.1 Å². The Balaban J connectivity index is 1.05. The topological polar surface area (TPSA) is 274 Å². The van der Waals surface area contributed by atoms with E-state index >= 15 is 4.39 Å². The number of amides is 2. The molecular formula is C57H76FN12O10S3+. The molecule has 7 N–H and O–H groups in total. The maximum absolute atomic E-state index is 15.4. The number of benzene rings is 3. The zero-order valence-corrected chi connectivity index (χ0v) is 50.6. The number of nitrogens with one attached hydrogen (secondary N) is 4. The summed E-state index contributed by atoms with van der Waals surface area (Å²) in [6.45, 7) is 4.27. The SMILES string of the molecule is CNCCCC(NC)C(=O)Nc1ccc(COC(=O)N(C)CC#Cc2ccc(OCCCc3sc(N(CCCC(O)C[N+](C)(C)CCCS(=O)(=O)O)c4cc(C)c(Nc5nc6ccccc6s5)nn4)nc3C(=O)O)c(F)c2)c(CN(C)C)c1. The molecule has 448 valence electrons. The first kappa shape index (κ1) is 65.2. The van der Waals surface area contributed by atoms with Crippen LogP contribution in [0.3, 0.4) is 0 Å². The zero-order chi connectivity index (χ0) is 60.3. The summed E-state index contributed by atoms with van der Waals surface area (Å²) in [6, 6.07) is 19.0. The van der Waals surface area contributed by atoms with Crippen LogP contribution in [-0.2, 0) is 39.2 Å². The summed E-state index contributed by atoms with van der Waals surface area (Å²) in [7, 11) is 8.67. The second-order valence-corrected chi connectivity index (χ2v) is 24.6. The largest absolute Gasteiger partial charge is 0.491 e. The average molecular weight is 1200 g/mol. The standard InChI is InChI=1S/C57H75FN12O10S3/c1-38-32-50(65-66-52(38)64-55-62-45-18-9-10-20-48(45)81-55)69(28-13-17-43(71)36-70(7,8)29-15-31-83(76,77)78)56-63-51(54(73)74)49(82-56)21-14-30-79-47-25-22-39(33-44(47)58)16-12-27-68(6)57(75)80-37-40-23-24-42(34-41(40)35-67(4)5)61-53(72)46(60-3)19-11-26-59-2/h9-10,18,20,22-25,32-34,43,46,59-60,71H,11,13-15,17,19,21,26-31,35-37H2,1-8H3,(H3-,61,62,64,66,72,73,74,76,77,78)/p+1. The van der Waals surface area contributed by atoms with Crippen molar-refractivity contribution in [3.63, 3.8) is 0 Å². The van der Waals surface area contributed by atoms with Gasteiger partial charge in [0.15, 0.2) is 39.2 Å². The lowest BCUT2D eigenvalue weighted by Crippen LogP contribution is -2.46. The first-order valence-corrected chi connectivity index (χ1v) is 30.4. The second kappa shape index (κ2) is 31.1. The third-order valence-corrected chi connectivity index (χ3v) is 16.1. The van der Waals surface area contributed by atoms with Crippen LogP contribution in [-0.4, -0.2) is 182 Å². The van der Waals surface area contributed by atoms with Gasteiger partial charge in [-0.2, -0.15) is 8.42 Å². The van der Waals surface area contributed by atoms with Gasteiger partial charge in [0.05, 0.1) is 55.8 Å². The van der Waals surface area contributed by atoms with Gasteiger partial charge in [0.2, 0.25) is 5.91 Å². The number of aromatic nitrogens is 4. The van der Waals surface area contributed by atoms with Gasteiger partial charge in [-0.15, -0.1) is 21.5 Å². The van der Waals surface area contributed by atoms with Crippen molar-refractivity contribution in [2.75, 3.05) is 110 Å². The highest BCUT2D eigenvalue weighted by atomic mass is 32.2. The number of carboxylic acids is 1. The van der Waals surface area contributed by atoms with E-state index in [1.54, 1.807) is 31.1 Å². The summed E-state index contributed by atoms with van der Waals surface area (Å²) in [5, 5.41) is 43.9. The number of para-hydroxylation sites is 1. The number of aliphatic hydroxyl groups is 1. The first-order valence-electron chi connectivity index (χ1n) is 27.1. The van der Waals surface area contributed by atoms with E-state index in [-0.39, 0.29) is 68.3 Å². The number of quaternary nitrogens is 1. The Morgan fingerprint density at radius 2 is 1.71 bits per heavy atom. The van der Waals surface area contributed by atoms with Crippen LogP contribution in [0, 0.1) is 24.6 Å². The van der Waals surface area contributed by atoms with Crippen molar-refractivity contribution in [1.82, 2.24) is 40.6 Å². The number of aliphatic hydroxyl groups excluding tert-OH is 1. The molecule has 0 spiro atoms. The van der Waals surface area contributed by atoms with Crippen molar-refractivity contribution in [3.05, 3.63) is 105 Å². The maximum atomic E-state index is 15.4. The van der Waals surface area contributed by atoms with Crippen molar-refractivity contribution in [3.8, 4) is 17.6 Å². The van der Waals surface area contributed by atoms with Gasteiger partial charge in [-0.25, -0.2) is 23.9 Å². The van der Waals surface area contributed by atoms with Gasteiger partial charge in [0.25, 0.3) is 10.1 Å². The Morgan fingerprint density at radius 1 is 0.928 bits per heavy atom. The van der Waals surface area contributed by atoms with E-state index in [4.69, 9.17) is 9.47 Å². The third-order valence-electron chi connectivity index (χ3n) is 13.2. The van der Waals surface area contributed by atoms with Crippen molar-refractivity contribution in [2.24, 2.45) is 0 Å². The monoisotopic (exact) mass is 1200 g/mol. The smallest absolute Gasteiger partial charge is 0.410 e. The van der Waals surface area contributed by atoms with E-state index < -0.39 is 34.1 Å². The quantitative estimate of drug-likeness (QED) is 0.00945. The summed E-state index contributed by atoms with van der Waals surface area (Å²) in [5.41, 5.74) is 4.08. The fourth-order valence-corrected chi connectivity index (χ4v) is 11.4. The number of aromatic carboxylic acids is 1.